The number of carbonyl (C=O) groups is 3. The van der Waals surface area contributed by atoms with Gasteiger partial charge < -0.3 is 21.0 Å². The lowest BCUT2D eigenvalue weighted by molar-refractivity contribution is -0.143. The largest absolute Gasteiger partial charge is 0.476 e. The number of nitrogens with one attached hydrogen (secondary N) is 1. The van der Waals surface area contributed by atoms with Crippen LogP contribution in [-0.4, -0.2) is 84.0 Å². The number of thiazole rings is 1. The molecule has 0 aromatic carbocycles. The van der Waals surface area contributed by atoms with Gasteiger partial charge in [0.05, 0.1) is 11.4 Å². The molecule has 1 aromatic rings. The number of unbranched alkanes of at least 4 members (excludes halogenated alkanes) is 1. The first-order chi connectivity index (χ1) is 15.0. The van der Waals surface area contributed by atoms with E-state index in [1.807, 2.05) is 6.92 Å². The summed E-state index contributed by atoms with van der Waals surface area (Å²) in [6, 6.07) is -1.13. The number of rotatable bonds is 9. The first-order valence-corrected chi connectivity index (χ1v) is 12.3. The number of hydrogen-bond acceptors (Lipinski definition) is 11. The predicted molar refractivity (Wildman–Crippen MR) is 114 cm³/mol. The summed E-state index contributed by atoms with van der Waals surface area (Å²) in [5.74, 6) is -3.10. The Morgan fingerprint density at radius 1 is 1.47 bits per heavy atom. The van der Waals surface area contributed by atoms with Gasteiger partial charge in [-0.2, -0.15) is 0 Å². The quantitative estimate of drug-likeness (QED) is 0.225. The number of nitrogen functional groups attached to an aromatic ring is 1. The summed E-state index contributed by atoms with van der Waals surface area (Å²) in [5.41, 5.74) is 4.97. The van der Waals surface area contributed by atoms with Gasteiger partial charge in [0, 0.05) is 18.2 Å². The molecule has 2 amide bonds. The van der Waals surface area contributed by atoms with Gasteiger partial charge in [0.1, 0.15) is 18.3 Å². The van der Waals surface area contributed by atoms with Crippen LogP contribution in [0.1, 0.15) is 25.5 Å². The van der Waals surface area contributed by atoms with Crippen LogP contribution >= 0.6 is 11.3 Å². The Hall–Kier alpha value is -3.04. The summed E-state index contributed by atoms with van der Waals surface area (Å²) in [4.78, 5) is 46.2. The van der Waals surface area contributed by atoms with Crippen molar-refractivity contribution in [1.29, 1.82) is 0 Å². The third kappa shape index (κ3) is 4.73. The van der Waals surface area contributed by atoms with E-state index >= 15 is 0 Å². The lowest BCUT2D eigenvalue weighted by atomic mass is 10.2. The number of carboxylic acids is 1. The fourth-order valence-corrected chi connectivity index (χ4v) is 4.62. The Bertz CT molecular complexity index is 1110. The molecule has 13 nitrogen and oxygen atoms in total. The molecule has 174 valence electrons. The third-order valence-electron chi connectivity index (χ3n) is 4.67. The van der Waals surface area contributed by atoms with E-state index in [-0.39, 0.29) is 41.1 Å². The van der Waals surface area contributed by atoms with E-state index in [0.717, 1.165) is 35.4 Å². The van der Waals surface area contributed by atoms with E-state index in [9.17, 15) is 27.9 Å². The molecule has 3 heterocycles. The van der Waals surface area contributed by atoms with Gasteiger partial charge in [0.2, 0.25) is 0 Å². The maximum Gasteiger partial charge on any atom is 0.355 e. The number of fused-ring (bicyclic) bond motifs is 1. The van der Waals surface area contributed by atoms with Crippen molar-refractivity contribution in [2.24, 2.45) is 5.16 Å². The van der Waals surface area contributed by atoms with E-state index in [4.69, 9.17) is 10.6 Å². The molecular formula is C17H22N6O7S2. The van der Waals surface area contributed by atoms with Crippen molar-refractivity contribution in [3.05, 3.63) is 21.7 Å². The number of carbonyl (C=O) groups excluding carboxylic acids is 2. The molecule has 32 heavy (non-hydrogen) atoms. The second kappa shape index (κ2) is 9.22. The number of carboxylic acid groups (broad SMARTS) is 1. The van der Waals surface area contributed by atoms with Gasteiger partial charge in [0.25, 0.3) is 11.8 Å². The highest BCUT2D eigenvalue weighted by Crippen LogP contribution is 2.31. The van der Waals surface area contributed by atoms with Gasteiger partial charge in [-0.25, -0.2) is 28.2 Å². The zero-order valence-electron chi connectivity index (χ0n) is 17.3. The number of amides is 2. The smallest absolute Gasteiger partial charge is 0.355 e. The summed E-state index contributed by atoms with van der Waals surface area (Å²) >= 11 is 1.10. The molecule has 1 aromatic heterocycles. The number of oxime groups is 1. The number of hydrogen-bond donors (Lipinski definition) is 3. The third-order valence-corrected chi connectivity index (χ3v) is 6.56. The Morgan fingerprint density at radius 3 is 2.75 bits per heavy atom. The van der Waals surface area contributed by atoms with Crippen LogP contribution in [0.3, 0.4) is 0 Å². The number of nitrogens with two attached hydrogens (primary N) is 1. The van der Waals surface area contributed by atoms with Crippen molar-refractivity contribution in [1.82, 2.24) is 20.3 Å². The first kappa shape index (κ1) is 23.6. The highest BCUT2D eigenvalue weighted by atomic mass is 32.2. The van der Waals surface area contributed by atoms with Gasteiger partial charge in [-0.05, 0) is 6.42 Å². The normalized spacial score (nSPS) is 19.4. The minimum atomic E-state index is -3.84. The van der Waals surface area contributed by atoms with Crippen LogP contribution in [0.2, 0.25) is 0 Å². The van der Waals surface area contributed by atoms with Crippen LogP contribution in [-0.2, 0) is 29.1 Å². The maximum absolute atomic E-state index is 12.9. The van der Waals surface area contributed by atoms with E-state index in [2.05, 4.69) is 15.5 Å². The number of aliphatic carboxylic acids is 1. The van der Waals surface area contributed by atoms with Crippen molar-refractivity contribution in [2.45, 2.75) is 25.8 Å². The van der Waals surface area contributed by atoms with Gasteiger partial charge in [0.15, 0.2) is 26.4 Å². The van der Waals surface area contributed by atoms with Crippen molar-refractivity contribution >= 4 is 49.8 Å². The fraction of sp³-hybridized carbons (Fsp3) is 0.471. The monoisotopic (exact) mass is 486 g/mol. The van der Waals surface area contributed by atoms with Crippen molar-refractivity contribution < 1.29 is 32.7 Å². The number of hydrazine groups is 1. The molecule has 15 heteroatoms. The molecule has 0 spiro atoms. The van der Waals surface area contributed by atoms with E-state index in [1.165, 1.54) is 10.4 Å². The Labute approximate surface area is 187 Å². The SMILES string of the molecule is CCCCO/N=C(/C(=O)N[C@H]1CN2CC(S(C)(=O)=O)=C(C(=O)O)N2C1=O)c1csc(N)n1. The topological polar surface area (TPSA) is 185 Å². The summed E-state index contributed by atoms with van der Waals surface area (Å²) in [5, 5.41) is 19.6. The predicted octanol–water partition coefficient (Wildman–Crippen LogP) is -0.855. The molecule has 1 atom stereocenters. The maximum atomic E-state index is 12.9. The highest BCUT2D eigenvalue weighted by Gasteiger charge is 2.50. The molecule has 1 saturated heterocycles. The van der Waals surface area contributed by atoms with Crippen LogP contribution in [0, 0.1) is 0 Å². The second-order valence-electron chi connectivity index (χ2n) is 7.07. The van der Waals surface area contributed by atoms with Crippen LogP contribution in [0.25, 0.3) is 0 Å². The van der Waals surface area contributed by atoms with Gasteiger partial charge >= 0.3 is 5.97 Å². The number of anilines is 1. The number of aromatic nitrogens is 1. The average molecular weight is 487 g/mol. The average Bonchev–Trinajstić information content (AvgIpc) is 3.37. The van der Waals surface area contributed by atoms with Gasteiger partial charge in [-0.1, -0.05) is 18.5 Å². The molecule has 3 rings (SSSR count). The molecule has 1 fully saturated rings. The van der Waals surface area contributed by atoms with E-state index < -0.39 is 39.4 Å². The minimum absolute atomic E-state index is 0.121. The van der Waals surface area contributed by atoms with Gasteiger partial charge in [-0.3, -0.25) is 9.59 Å². The molecular weight excluding hydrogens is 464 g/mol. The molecule has 0 aliphatic carbocycles. The Kier molecular flexibility index (Phi) is 6.80. The van der Waals surface area contributed by atoms with Crippen LogP contribution in [0.4, 0.5) is 5.13 Å². The fourth-order valence-electron chi connectivity index (χ4n) is 3.16. The van der Waals surface area contributed by atoms with Crippen LogP contribution in [0.5, 0.6) is 0 Å². The Morgan fingerprint density at radius 2 is 2.19 bits per heavy atom. The summed E-state index contributed by atoms with van der Waals surface area (Å²) < 4.78 is 23.9. The van der Waals surface area contributed by atoms with Gasteiger partial charge in [-0.15, -0.1) is 11.3 Å². The minimum Gasteiger partial charge on any atom is -0.476 e. The standard InChI is InChI=1S/C17H22N6O7S2/c1-3-4-5-30-21-12(10-8-31-17(18)20-10)14(24)19-9-6-22-7-11(32(2,28)29)13(16(26)27)23(22)15(9)25/h8-9H,3-7H2,1-2H3,(H2,18,20)(H,19,24)(H,26,27)/b21-12+/t9-/m0/s1. The number of nitrogens with zero attached hydrogens (tertiary/aromatic N) is 4. The highest BCUT2D eigenvalue weighted by molar-refractivity contribution is 7.94. The van der Waals surface area contributed by atoms with Crippen molar-refractivity contribution in [2.75, 3.05) is 31.7 Å². The zero-order chi connectivity index (χ0) is 23.6. The molecule has 2 aliphatic rings. The molecule has 0 saturated carbocycles. The Balaban J connectivity index is 1.81. The van der Waals surface area contributed by atoms with E-state index in [1.54, 1.807) is 0 Å². The molecule has 0 unspecified atom stereocenters. The first-order valence-electron chi connectivity index (χ1n) is 9.52. The summed E-state index contributed by atoms with van der Waals surface area (Å²) in [7, 11) is -3.84. The van der Waals surface area contributed by atoms with Crippen LogP contribution < -0.4 is 11.1 Å². The lowest BCUT2D eigenvalue weighted by Gasteiger charge is -2.18. The van der Waals surface area contributed by atoms with Crippen molar-refractivity contribution in [3.8, 4) is 0 Å². The summed E-state index contributed by atoms with van der Waals surface area (Å²) in [6.45, 7) is 1.83. The molecule has 4 N–H and O–H groups in total. The lowest BCUT2D eigenvalue weighted by Crippen LogP contribution is -2.46. The molecule has 2 aliphatic heterocycles. The molecule has 0 bridgehead atoms. The molecule has 0 radical (unpaired) electrons. The second-order valence-corrected chi connectivity index (χ2v) is 10.00. The zero-order valence-corrected chi connectivity index (χ0v) is 18.9. The van der Waals surface area contributed by atoms with Crippen molar-refractivity contribution in [3.63, 3.8) is 0 Å². The summed E-state index contributed by atoms with van der Waals surface area (Å²) in [6.07, 6.45) is 2.45. The number of sulfone groups is 1. The van der Waals surface area contributed by atoms with E-state index in [0.29, 0.717) is 0 Å². The van der Waals surface area contributed by atoms with Crippen LogP contribution in [0.15, 0.2) is 21.1 Å².